The first-order valence-corrected chi connectivity index (χ1v) is 20.9. The number of benzene rings is 1. The maximum absolute atomic E-state index is 17.0. The van der Waals surface area contributed by atoms with Gasteiger partial charge in [-0.25, -0.2) is 10.1 Å². The van der Waals surface area contributed by atoms with Gasteiger partial charge in [0.15, 0.2) is 11.4 Å². The number of fused-ring (bicyclic) bond motifs is 2. The minimum Gasteiger partial charge on any atom is -0.394 e. The number of amides is 4. The summed E-state index contributed by atoms with van der Waals surface area (Å²) in [5, 5.41) is 18.3. The van der Waals surface area contributed by atoms with Gasteiger partial charge in [0.05, 0.1) is 27.7 Å². The van der Waals surface area contributed by atoms with E-state index in [-0.39, 0.29) is 38.6 Å². The highest BCUT2D eigenvalue weighted by atomic mass is 32.2. The van der Waals surface area contributed by atoms with Crippen LogP contribution in [0.3, 0.4) is 0 Å². The fraction of sp³-hybridized carbons (Fsp3) is 0.500. The van der Waals surface area contributed by atoms with Crippen LogP contribution >= 0.6 is 12.0 Å². The number of aryl methyl sites for hydroxylation is 2. The van der Waals surface area contributed by atoms with Crippen LogP contribution in [-0.4, -0.2) is 112 Å². The van der Waals surface area contributed by atoms with Gasteiger partial charge in [0, 0.05) is 79.0 Å². The number of hydrogen-bond donors (Lipinski definition) is 3. The molecule has 1 atom stereocenters. The maximum Gasteiger partial charge on any atom is 0.737 e. The molecule has 4 heterocycles. The molecule has 59 heavy (non-hydrogen) atoms. The first kappa shape index (κ1) is 45.4. The number of carbonyl (C=O) groups excluding carboxylic acids is 5. The highest BCUT2D eigenvalue weighted by Crippen LogP contribution is 2.39. The topological polar surface area (TPSA) is 169 Å². The smallest absolute Gasteiger partial charge is 0.394 e. The summed E-state index contributed by atoms with van der Waals surface area (Å²) in [6.45, 7) is -1.56. The molecule has 5 rings (SSSR count). The van der Waals surface area contributed by atoms with Crippen LogP contribution in [0, 0.1) is 6.92 Å². The molecule has 3 N–H and O–H groups in total. The molecule has 1 aromatic carbocycles. The summed E-state index contributed by atoms with van der Waals surface area (Å²) >= 11 is 0.911. The molecule has 0 spiro atoms. The predicted octanol–water partition coefficient (Wildman–Crippen LogP) is 4.85. The molecular formula is C40H54BF2N6O9S+. The summed E-state index contributed by atoms with van der Waals surface area (Å²) in [5.41, 5.74) is 3.46. The number of quaternary nitrogens is 1. The normalized spacial score (nSPS) is 16.4. The highest BCUT2D eigenvalue weighted by Gasteiger charge is 2.54. The summed E-state index contributed by atoms with van der Waals surface area (Å²) < 4.78 is 41.5. The average molecular weight is 844 g/mol. The van der Waals surface area contributed by atoms with E-state index in [0.717, 1.165) is 44.0 Å². The van der Waals surface area contributed by atoms with Crippen LogP contribution in [0.15, 0.2) is 53.7 Å². The van der Waals surface area contributed by atoms with Gasteiger partial charge in [0.2, 0.25) is 11.8 Å². The first-order chi connectivity index (χ1) is 28.1. The minimum absolute atomic E-state index is 0.00320. The van der Waals surface area contributed by atoms with Gasteiger partial charge in [-0.2, -0.15) is 0 Å². The molecule has 1 saturated heterocycles. The monoisotopic (exact) mass is 843 g/mol. The van der Waals surface area contributed by atoms with Gasteiger partial charge in [0.1, 0.15) is 6.04 Å². The molecule has 1 unspecified atom stereocenters. The molecule has 2 aromatic rings. The van der Waals surface area contributed by atoms with E-state index in [1.165, 1.54) is 0 Å². The number of nitrogens with one attached hydrogen (secondary N) is 2. The Bertz CT molecular complexity index is 1970. The van der Waals surface area contributed by atoms with Crippen molar-refractivity contribution >= 4 is 60.4 Å². The standard InChI is InChI=1S/C40H53BF2N6O9S/c1-28-25-31(46-33(28)27-35-30(15-12-24-59-58-57-55)26-34(47(35)41(46,42)43)29-13-6-5-7-14-29)18-19-36(50)45-32(16-9-11-23-49(2,3)4)40(54)44-22-10-8-17-39(53)56-48-37(51)20-21-38(48)52/h5-7,13-14,25-27,32H,8-12,15-24H2,1-4H3,(H2-,44,45,50,54,55)/p+1. The van der Waals surface area contributed by atoms with Gasteiger partial charge in [-0.05, 0) is 87.7 Å². The zero-order chi connectivity index (χ0) is 42.7. The second-order valence-electron chi connectivity index (χ2n) is 16.0. The van der Waals surface area contributed by atoms with Crippen LogP contribution in [0.25, 0.3) is 6.08 Å². The Morgan fingerprint density at radius 2 is 1.71 bits per heavy atom. The zero-order valence-corrected chi connectivity index (χ0v) is 34.9. The van der Waals surface area contributed by atoms with Crippen LogP contribution in [-0.2, 0) is 44.6 Å². The molecule has 1 aromatic heterocycles. The lowest BCUT2D eigenvalue weighted by molar-refractivity contribution is -0.870. The van der Waals surface area contributed by atoms with Crippen LogP contribution in [0.4, 0.5) is 8.63 Å². The Kier molecular flexibility index (Phi) is 15.8. The molecule has 320 valence electrons. The summed E-state index contributed by atoms with van der Waals surface area (Å²) in [7, 11) is 6.21. The van der Waals surface area contributed by atoms with Crippen LogP contribution in [0.1, 0.15) is 93.1 Å². The Morgan fingerprint density at radius 3 is 2.41 bits per heavy atom. The van der Waals surface area contributed by atoms with Crippen molar-refractivity contribution in [2.75, 3.05) is 40.0 Å². The van der Waals surface area contributed by atoms with Crippen molar-refractivity contribution in [2.24, 2.45) is 0 Å². The number of halogens is 2. The highest BCUT2D eigenvalue weighted by molar-refractivity contribution is 7.94. The maximum atomic E-state index is 17.0. The van der Waals surface area contributed by atoms with E-state index in [4.69, 9.17) is 10.1 Å². The number of nitrogens with zero attached hydrogens (tertiary/aromatic N) is 4. The molecule has 0 aliphatic carbocycles. The Balaban J connectivity index is 1.24. The van der Waals surface area contributed by atoms with E-state index >= 15 is 8.63 Å². The molecule has 0 bridgehead atoms. The van der Waals surface area contributed by atoms with Gasteiger partial charge in [-0.3, -0.25) is 19.2 Å². The van der Waals surface area contributed by atoms with E-state index in [9.17, 15) is 24.0 Å². The molecule has 3 aliphatic heterocycles. The third kappa shape index (κ3) is 12.0. The van der Waals surface area contributed by atoms with Crippen molar-refractivity contribution < 1.29 is 61.0 Å². The van der Waals surface area contributed by atoms with E-state index < -0.39 is 42.6 Å². The van der Waals surface area contributed by atoms with E-state index in [0.29, 0.717) is 83.3 Å². The predicted molar refractivity (Wildman–Crippen MR) is 217 cm³/mol. The number of hydroxylamine groups is 2. The molecule has 1 fully saturated rings. The Morgan fingerprint density at radius 1 is 0.983 bits per heavy atom. The molecule has 19 heteroatoms. The molecule has 3 aliphatic rings. The minimum atomic E-state index is -4.40. The van der Waals surface area contributed by atoms with Crippen molar-refractivity contribution in [1.29, 1.82) is 0 Å². The molecule has 0 radical (unpaired) electrons. The zero-order valence-electron chi connectivity index (χ0n) is 34.0. The van der Waals surface area contributed by atoms with Crippen molar-refractivity contribution in [1.82, 2.24) is 20.2 Å². The quantitative estimate of drug-likeness (QED) is 0.0268. The third-order valence-corrected chi connectivity index (χ3v) is 11.0. The lowest BCUT2D eigenvalue weighted by Crippen LogP contribution is -2.51. The van der Waals surface area contributed by atoms with Crippen molar-refractivity contribution in [3.05, 3.63) is 76.3 Å². The van der Waals surface area contributed by atoms with E-state index in [1.54, 1.807) is 49.4 Å². The number of aromatic nitrogens is 1. The largest absolute Gasteiger partial charge is 0.737 e. The van der Waals surface area contributed by atoms with Gasteiger partial charge in [-0.1, -0.05) is 23.2 Å². The third-order valence-electron chi connectivity index (χ3n) is 10.4. The van der Waals surface area contributed by atoms with Crippen LogP contribution < -0.4 is 10.6 Å². The van der Waals surface area contributed by atoms with Crippen LogP contribution in [0.5, 0.6) is 0 Å². The van der Waals surface area contributed by atoms with Crippen LogP contribution in [0.2, 0.25) is 0 Å². The van der Waals surface area contributed by atoms with Gasteiger partial charge >= 0.3 is 12.9 Å². The average Bonchev–Trinajstić information content (AvgIpc) is 3.84. The second kappa shape index (κ2) is 20.5. The van der Waals surface area contributed by atoms with Crippen molar-refractivity contribution in [3.63, 3.8) is 0 Å². The molecule has 0 saturated carbocycles. The van der Waals surface area contributed by atoms with Gasteiger partial charge in [0.25, 0.3) is 11.8 Å². The SMILES string of the molecule is Cc1cc(CCC(=O)NC(CCCC[N+](C)(C)C)C(=O)NCCCCC(=O)ON2C(=O)CCC2=O)n2c1C=C1C(CCCSOOO)=CC(c3ccccc3)=[N+]1[B-]2(F)F. The summed E-state index contributed by atoms with van der Waals surface area (Å²) in [5.74, 6) is -2.22. The lowest BCUT2D eigenvalue weighted by Gasteiger charge is -2.31. The fourth-order valence-corrected chi connectivity index (χ4v) is 7.84. The summed E-state index contributed by atoms with van der Waals surface area (Å²) in [6, 6.07) is 9.84. The number of rotatable bonds is 23. The second-order valence-corrected chi connectivity index (χ2v) is 16.8. The summed E-state index contributed by atoms with van der Waals surface area (Å²) in [4.78, 5) is 67.3. The Hall–Kier alpha value is -4.69. The molecular weight excluding hydrogens is 789 g/mol. The number of carbonyl (C=O) groups is 5. The van der Waals surface area contributed by atoms with E-state index in [2.05, 4.69) is 41.1 Å². The van der Waals surface area contributed by atoms with Crippen molar-refractivity contribution in [2.45, 2.75) is 90.0 Å². The number of hydrogen-bond acceptors (Lipinski definition) is 10. The fourth-order valence-electron chi connectivity index (χ4n) is 7.47. The number of imide groups is 1. The van der Waals surface area contributed by atoms with Gasteiger partial charge in [-0.15, -0.1) is 9.40 Å². The summed E-state index contributed by atoms with van der Waals surface area (Å²) in [6.07, 6.45) is 7.03. The Labute approximate surface area is 347 Å². The molecule has 4 amide bonds. The number of allylic oxidation sites excluding steroid dienone is 2. The number of unbranched alkanes of at least 4 members (excludes halogenated alkanes) is 2. The van der Waals surface area contributed by atoms with E-state index in [1.807, 2.05) is 6.07 Å². The first-order valence-electron chi connectivity index (χ1n) is 20.0. The molecule has 15 nitrogen and oxygen atoms in total. The lowest BCUT2D eigenvalue weighted by atomic mass is 9.88. The van der Waals surface area contributed by atoms with Gasteiger partial charge < -0.3 is 37.6 Å². The van der Waals surface area contributed by atoms with Crippen molar-refractivity contribution in [3.8, 4) is 0 Å².